The Labute approximate surface area is 95.0 Å². The Morgan fingerprint density at radius 1 is 1.13 bits per heavy atom. The normalized spacial score (nSPS) is 20.4. The van der Waals surface area contributed by atoms with Crippen LogP contribution in [-0.4, -0.2) is 36.7 Å². The molecule has 1 saturated heterocycles. The number of rotatable bonds is 5. The summed E-state index contributed by atoms with van der Waals surface area (Å²) in [6.07, 6.45) is 4.37. The van der Waals surface area contributed by atoms with E-state index in [1.165, 1.54) is 32.4 Å². The van der Waals surface area contributed by atoms with Crippen LogP contribution < -0.4 is 0 Å². The molecule has 0 atom stereocenters. The van der Waals surface area contributed by atoms with Gasteiger partial charge in [-0.25, -0.2) is 0 Å². The lowest BCUT2D eigenvalue weighted by molar-refractivity contribution is 0.0568. The topological polar surface area (TPSA) is 12.5 Å². The number of ether oxygens (including phenoxy) is 1. The minimum atomic E-state index is 0.390. The maximum absolute atomic E-state index is 5.61. The van der Waals surface area contributed by atoms with Gasteiger partial charge in [0, 0.05) is 12.6 Å². The van der Waals surface area contributed by atoms with Crippen LogP contribution in [0, 0.1) is 5.92 Å². The van der Waals surface area contributed by atoms with E-state index in [1.807, 2.05) is 0 Å². The summed E-state index contributed by atoms with van der Waals surface area (Å²) >= 11 is 0. The number of hydrogen-bond acceptors (Lipinski definition) is 2. The predicted molar refractivity (Wildman–Crippen MR) is 65.1 cm³/mol. The van der Waals surface area contributed by atoms with Gasteiger partial charge in [0.2, 0.25) is 0 Å². The first-order valence-corrected chi connectivity index (χ1v) is 6.45. The highest BCUT2D eigenvalue weighted by Gasteiger charge is 2.20. The van der Waals surface area contributed by atoms with Crippen LogP contribution >= 0.6 is 0 Å². The zero-order valence-corrected chi connectivity index (χ0v) is 10.8. The third kappa shape index (κ3) is 4.98. The van der Waals surface area contributed by atoms with Gasteiger partial charge in [0.25, 0.3) is 0 Å². The molecule has 2 heteroatoms. The molecular formula is C13H27NO. The van der Waals surface area contributed by atoms with Gasteiger partial charge in [-0.3, -0.25) is 0 Å². The van der Waals surface area contributed by atoms with Gasteiger partial charge in [-0.2, -0.15) is 0 Å². The van der Waals surface area contributed by atoms with Crippen LogP contribution in [0.25, 0.3) is 0 Å². The van der Waals surface area contributed by atoms with Crippen molar-refractivity contribution in [2.45, 2.75) is 59.1 Å². The zero-order valence-electron chi connectivity index (χ0n) is 10.8. The van der Waals surface area contributed by atoms with Gasteiger partial charge in [-0.05, 0) is 66.0 Å². The summed E-state index contributed by atoms with van der Waals surface area (Å²) in [4.78, 5) is 2.58. The lowest BCUT2D eigenvalue weighted by atomic mass is 9.93. The van der Waals surface area contributed by atoms with E-state index in [-0.39, 0.29) is 0 Å². The third-order valence-corrected chi connectivity index (χ3v) is 3.36. The maximum atomic E-state index is 5.61. The van der Waals surface area contributed by atoms with Gasteiger partial charge in [0.05, 0.1) is 6.10 Å². The van der Waals surface area contributed by atoms with Crippen molar-refractivity contribution in [1.29, 1.82) is 0 Å². The van der Waals surface area contributed by atoms with E-state index >= 15 is 0 Å². The summed E-state index contributed by atoms with van der Waals surface area (Å²) < 4.78 is 5.61. The second kappa shape index (κ2) is 6.49. The molecule has 90 valence electrons. The fourth-order valence-corrected chi connectivity index (χ4v) is 2.23. The molecule has 0 aromatic heterocycles. The van der Waals surface area contributed by atoms with Crippen molar-refractivity contribution < 1.29 is 4.74 Å². The average Bonchev–Trinajstić information content (AvgIpc) is 2.18. The van der Waals surface area contributed by atoms with Crippen LogP contribution in [0.5, 0.6) is 0 Å². The van der Waals surface area contributed by atoms with Crippen molar-refractivity contribution in [3.8, 4) is 0 Å². The summed E-state index contributed by atoms with van der Waals surface area (Å²) in [5, 5.41) is 0. The van der Waals surface area contributed by atoms with Crippen molar-refractivity contribution in [3.05, 3.63) is 0 Å². The van der Waals surface area contributed by atoms with Crippen LogP contribution in [0.1, 0.15) is 47.0 Å². The highest BCUT2D eigenvalue weighted by atomic mass is 16.5. The molecule has 0 aromatic rings. The minimum absolute atomic E-state index is 0.390. The molecule has 1 heterocycles. The van der Waals surface area contributed by atoms with Gasteiger partial charge in [0.1, 0.15) is 0 Å². The molecule has 0 aliphatic carbocycles. The van der Waals surface area contributed by atoms with Crippen LogP contribution in [0.15, 0.2) is 0 Å². The van der Waals surface area contributed by atoms with Gasteiger partial charge in [-0.1, -0.05) is 0 Å². The van der Waals surface area contributed by atoms with Gasteiger partial charge < -0.3 is 9.64 Å². The molecule has 0 radical (unpaired) electrons. The number of hydrogen-bond donors (Lipinski definition) is 0. The first-order valence-electron chi connectivity index (χ1n) is 6.45. The van der Waals surface area contributed by atoms with E-state index in [4.69, 9.17) is 4.74 Å². The minimum Gasteiger partial charge on any atom is -0.379 e. The van der Waals surface area contributed by atoms with Crippen LogP contribution in [0.2, 0.25) is 0 Å². The third-order valence-electron chi connectivity index (χ3n) is 3.36. The van der Waals surface area contributed by atoms with E-state index in [2.05, 4.69) is 32.6 Å². The van der Waals surface area contributed by atoms with Gasteiger partial charge >= 0.3 is 0 Å². The summed E-state index contributed by atoms with van der Waals surface area (Å²) in [5.41, 5.74) is 0. The molecular weight excluding hydrogens is 186 g/mol. The van der Waals surface area contributed by atoms with Gasteiger partial charge in [0.15, 0.2) is 0 Å². The fourth-order valence-electron chi connectivity index (χ4n) is 2.23. The lowest BCUT2D eigenvalue weighted by Crippen LogP contribution is -2.38. The predicted octanol–water partition coefficient (Wildman–Crippen LogP) is 2.92. The first-order chi connectivity index (χ1) is 7.09. The molecule has 0 saturated carbocycles. The Morgan fingerprint density at radius 3 is 2.20 bits per heavy atom. The van der Waals surface area contributed by atoms with E-state index in [0.29, 0.717) is 6.10 Å². The number of likely N-dealkylation sites (tertiary alicyclic amines) is 1. The summed E-state index contributed by atoms with van der Waals surface area (Å²) in [5.74, 6) is 0.902. The SMILES string of the molecule is CC(C)OCCC1CCN(C(C)C)CC1. The highest BCUT2D eigenvalue weighted by Crippen LogP contribution is 2.21. The second-order valence-electron chi connectivity index (χ2n) is 5.28. The molecule has 0 amide bonds. The molecule has 1 rings (SSSR count). The summed E-state index contributed by atoms with van der Waals surface area (Å²) in [6.45, 7) is 12.3. The molecule has 0 spiro atoms. The first kappa shape index (κ1) is 13.0. The second-order valence-corrected chi connectivity index (χ2v) is 5.28. The smallest absolute Gasteiger partial charge is 0.0518 e. The van der Waals surface area contributed by atoms with Crippen LogP contribution in [0.3, 0.4) is 0 Å². The fraction of sp³-hybridized carbons (Fsp3) is 1.00. The molecule has 1 fully saturated rings. The van der Waals surface area contributed by atoms with Gasteiger partial charge in [-0.15, -0.1) is 0 Å². The van der Waals surface area contributed by atoms with Crippen molar-refractivity contribution in [2.75, 3.05) is 19.7 Å². The molecule has 0 aromatic carbocycles. The lowest BCUT2D eigenvalue weighted by Gasteiger charge is -2.34. The van der Waals surface area contributed by atoms with E-state index < -0.39 is 0 Å². The quantitative estimate of drug-likeness (QED) is 0.696. The van der Waals surface area contributed by atoms with E-state index in [1.54, 1.807) is 0 Å². The van der Waals surface area contributed by atoms with Crippen molar-refractivity contribution in [3.63, 3.8) is 0 Å². The van der Waals surface area contributed by atoms with E-state index in [9.17, 15) is 0 Å². The Balaban J connectivity index is 2.09. The Bertz CT molecular complexity index is 157. The molecule has 0 bridgehead atoms. The number of piperidine rings is 1. The summed E-state index contributed by atoms with van der Waals surface area (Å²) in [6, 6.07) is 0.720. The molecule has 1 aliphatic rings. The monoisotopic (exact) mass is 213 g/mol. The standard InChI is InChI=1S/C13H27NO/c1-11(2)14-8-5-13(6-9-14)7-10-15-12(3)4/h11-13H,5-10H2,1-4H3. The van der Waals surface area contributed by atoms with Crippen molar-refractivity contribution >= 4 is 0 Å². The highest BCUT2D eigenvalue weighted by molar-refractivity contribution is 4.74. The zero-order chi connectivity index (χ0) is 11.3. The molecule has 0 unspecified atom stereocenters. The van der Waals surface area contributed by atoms with Crippen molar-refractivity contribution in [1.82, 2.24) is 4.90 Å². The van der Waals surface area contributed by atoms with E-state index in [0.717, 1.165) is 18.6 Å². The molecule has 0 N–H and O–H groups in total. The summed E-state index contributed by atoms with van der Waals surface area (Å²) in [7, 11) is 0. The number of nitrogens with zero attached hydrogens (tertiary/aromatic N) is 1. The Hall–Kier alpha value is -0.0800. The largest absolute Gasteiger partial charge is 0.379 e. The average molecular weight is 213 g/mol. The van der Waals surface area contributed by atoms with Crippen molar-refractivity contribution in [2.24, 2.45) is 5.92 Å². The Kier molecular flexibility index (Phi) is 5.62. The Morgan fingerprint density at radius 2 is 1.73 bits per heavy atom. The maximum Gasteiger partial charge on any atom is 0.0518 e. The van der Waals surface area contributed by atoms with Crippen LogP contribution in [-0.2, 0) is 4.74 Å². The molecule has 1 aliphatic heterocycles. The molecule has 15 heavy (non-hydrogen) atoms. The van der Waals surface area contributed by atoms with Crippen LogP contribution in [0.4, 0.5) is 0 Å². The molecule has 2 nitrogen and oxygen atoms in total.